The maximum absolute atomic E-state index is 14.3. The van der Waals surface area contributed by atoms with Crippen molar-refractivity contribution in [2.75, 3.05) is 31.6 Å². The molecule has 1 aliphatic heterocycles. The van der Waals surface area contributed by atoms with Gasteiger partial charge in [-0.2, -0.15) is 0 Å². The van der Waals surface area contributed by atoms with E-state index in [-0.39, 0.29) is 28.8 Å². The van der Waals surface area contributed by atoms with E-state index >= 15 is 0 Å². The van der Waals surface area contributed by atoms with Crippen molar-refractivity contribution < 1.29 is 14.6 Å². The van der Waals surface area contributed by atoms with Gasteiger partial charge >= 0.3 is 0 Å². The number of ether oxygens (including phenoxy) is 1. The molecule has 0 spiro atoms. The molecule has 0 radical (unpaired) electrons. The highest BCUT2D eigenvalue weighted by atomic mass is 16.5. The van der Waals surface area contributed by atoms with Crippen molar-refractivity contribution in [3.63, 3.8) is 0 Å². The number of nitrogens with zero attached hydrogens (tertiary/aromatic N) is 3. The van der Waals surface area contributed by atoms with Crippen LogP contribution in [-0.4, -0.2) is 59.8 Å². The fourth-order valence-electron chi connectivity index (χ4n) is 8.88. The van der Waals surface area contributed by atoms with Crippen LogP contribution < -0.4 is 9.64 Å². The van der Waals surface area contributed by atoms with Gasteiger partial charge in [-0.3, -0.25) is 9.69 Å². The van der Waals surface area contributed by atoms with E-state index in [4.69, 9.17) is 9.72 Å². The lowest BCUT2D eigenvalue weighted by atomic mass is 9.51. The highest BCUT2D eigenvalue weighted by Crippen LogP contribution is 2.58. The molecule has 5 fully saturated rings. The maximum atomic E-state index is 14.3. The van der Waals surface area contributed by atoms with Crippen LogP contribution >= 0.6 is 0 Å². The largest absolute Gasteiger partial charge is 0.496 e. The third-order valence-electron chi connectivity index (χ3n) is 12.0. The Bertz CT molecular complexity index is 1250. The number of aryl methyl sites for hydroxylation is 1. The van der Waals surface area contributed by atoms with Crippen LogP contribution in [0.5, 0.6) is 5.75 Å². The number of likely N-dealkylation sites (tertiary alicyclic amines) is 1. The van der Waals surface area contributed by atoms with E-state index in [9.17, 15) is 9.90 Å². The second-order valence-corrected chi connectivity index (χ2v) is 14.7. The van der Waals surface area contributed by atoms with Crippen LogP contribution in [0.2, 0.25) is 0 Å². The van der Waals surface area contributed by atoms with Gasteiger partial charge in [-0.1, -0.05) is 12.1 Å². The number of methoxy groups -OCH3 is 1. The van der Waals surface area contributed by atoms with Crippen molar-refractivity contribution in [3.05, 3.63) is 53.2 Å². The van der Waals surface area contributed by atoms with Gasteiger partial charge < -0.3 is 14.7 Å². The molecule has 6 heteroatoms. The average Bonchev–Trinajstić information content (AvgIpc) is 3.04. The molecule has 0 atom stereocenters. The molecule has 1 amide bonds. The normalized spacial score (nSPS) is 30.0. The number of rotatable bonds is 8. The van der Waals surface area contributed by atoms with Crippen LogP contribution in [0.1, 0.15) is 114 Å². The molecule has 1 aromatic carbocycles. The molecule has 43 heavy (non-hydrogen) atoms. The Hall–Kier alpha value is -2.44. The Labute approximate surface area is 259 Å². The molecule has 5 aliphatic rings. The van der Waals surface area contributed by atoms with Crippen molar-refractivity contribution in [2.45, 2.75) is 121 Å². The Kier molecular flexibility index (Phi) is 8.90. The summed E-state index contributed by atoms with van der Waals surface area (Å²) in [5, 5.41) is 10.2. The third kappa shape index (κ3) is 6.24. The molecule has 0 unspecified atom stereocenters. The first-order valence-electron chi connectivity index (χ1n) is 17.1. The van der Waals surface area contributed by atoms with Gasteiger partial charge in [0, 0.05) is 24.7 Å². The zero-order valence-electron chi connectivity index (χ0n) is 27.0. The Morgan fingerprint density at radius 3 is 2.28 bits per heavy atom. The zero-order chi connectivity index (χ0) is 30.2. The number of anilines is 1. The minimum absolute atomic E-state index is 0.0203. The second-order valence-electron chi connectivity index (χ2n) is 14.7. The number of carbonyl (C=O) groups is 1. The van der Waals surface area contributed by atoms with E-state index < -0.39 is 0 Å². The second kappa shape index (κ2) is 12.5. The number of hydrogen-bond donors (Lipinski definition) is 1. The van der Waals surface area contributed by atoms with Gasteiger partial charge in [0.2, 0.25) is 5.91 Å². The molecule has 1 N–H and O–H groups in total. The van der Waals surface area contributed by atoms with E-state index in [0.29, 0.717) is 12.0 Å². The summed E-state index contributed by atoms with van der Waals surface area (Å²) >= 11 is 0. The van der Waals surface area contributed by atoms with E-state index in [1.54, 1.807) is 7.11 Å². The van der Waals surface area contributed by atoms with E-state index in [2.05, 4.69) is 60.9 Å². The SMILES string of the molecule is COc1ccc(C23CCC(CN(C(=O)C4CCC(O)CC4)c4cc(C5CCN(C(C)C)CC5)ccn4)(CC2)CC3)cc1C. The zero-order valence-corrected chi connectivity index (χ0v) is 27.0. The number of fused-ring (bicyclic) bond motifs is 3. The van der Waals surface area contributed by atoms with Gasteiger partial charge in [0.1, 0.15) is 11.6 Å². The fourth-order valence-corrected chi connectivity index (χ4v) is 8.88. The molecular formula is C37H53N3O3. The Morgan fingerprint density at radius 1 is 1.00 bits per heavy atom. The van der Waals surface area contributed by atoms with Gasteiger partial charge in [0.05, 0.1) is 13.2 Å². The van der Waals surface area contributed by atoms with Crippen molar-refractivity contribution in [2.24, 2.45) is 11.3 Å². The van der Waals surface area contributed by atoms with Crippen molar-refractivity contribution in [1.82, 2.24) is 9.88 Å². The molecule has 7 rings (SSSR count). The summed E-state index contributed by atoms with van der Waals surface area (Å²) in [6.07, 6.45) is 14.0. The third-order valence-corrected chi connectivity index (χ3v) is 12.0. The molecule has 4 saturated carbocycles. The van der Waals surface area contributed by atoms with E-state index in [1.807, 2.05) is 6.20 Å². The summed E-state index contributed by atoms with van der Waals surface area (Å²) in [5.74, 6) is 2.55. The topological polar surface area (TPSA) is 65.9 Å². The number of benzene rings is 1. The number of hydrogen-bond acceptors (Lipinski definition) is 5. The van der Waals surface area contributed by atoms with Gasteiger partial charge in [0.15, 0.2) is 0 Å². The predicted molar refractivity (Wildman–Crippen MR) is 173 cm³/mol. The summed E-state index contributed by atoms with van der Waals surface area (Å²) in [6.45, 7) is 9.76. The molecule has 2 aromatic rings. The molecule has 2 heterocycles. The predicted octanol–water partition coefficient (Wildman–Crippen LogP) is 7.16. The maximum Gasteiger partial charge on any atom is 0.231 e. The molecule has 1 aromatic heterocycles. The van der Waals surface area contributed by atoms with Crippen LogP contribution in [0.3, 0.4) is 0 Å². The van der Waals surface area contributed by atoms with E-state index in [0.717, 1.165) is 89.0 Å². The lowest BCUT2D eigenvalue weighted by Gasteiger charge is -2.55. The number of amides is 1. The Balaban J connectivity index is 1.22. The van der Waals surface area contributed by atoms with Gasteiger partial charge in [-0.15, -0.1) is 0 Å². The molecule has 234 valence electrons. The fraction of sp³-hybridized carbons (Fsp3) is 0.676. The minimum Gasteiger partial charge on any atom is -0.496 e. The summed E-state index contributed by atoms with van der Waals surface area (Å²) in [4.78, 5) is 23.9. The highest BCUT2D eigenvalue weighted by molar-refractivity contribution is 5.94. The lowest BCUT2D eigenvalue weighted by molar-refractivity contribution is -0.124. The first-order chi connectivity index (χ1) is 20.7. The van der Waals surface area contributed by atoms with Crippen LogP contribution in [0.25, 0.3) is 0 Å². The van der Waals surface area contributed by atoms with Crippen molar-refractivity contribution >= 4 is 11.7 Å². The number of pyridine rings is 1. The highest BCUT2D eigenvalue weighted by Gasteiger charge is 2.51. The molecule has 4 aliphatic carbocycles. The first-order valence-corrected chi connectivity index (χ1v) is 17.1. The summed E-state index contributed by atoms with van der Waals surface area (Å²) < 4.78 is 5.55. The quantitative estimate of drug-likeness (QED) is 0.355. The standard InChI is InChI=1S/C37H53N3O3/c1-26(2)39-21-12-28(13-22-39)30-11-20-38-34(24-30)40(35(42)29-5-8-32(41)9-6-29)25-36-14-17-37(18-15-36,19-16-36)31-7-10-33(43-4)27(3)23-31/h7,10-11,20,23-24,26,28-29,32,41H,5-6,8-9,12-19,21-22,25H2,1-4H3. The molecule has 1 saturated heterocycles. The first kappa shape index (κ1) is 30.6. The van der Waals surface area contributed by atoms with Gasteiger partial charge in [-0.05, 0) is 163 Å². The monoisotopic (exact) mass is 587 g/mol. The number of aliphatic hydroxyl groups is 1. The van der Waals surface area contributed by atoms with Crippen LogP contribution in [0, 0.1) is 18.3 Å². The molecule has 6 nitrogen and oxygen atoms in total. The van der Waals surface area contributed by atoms with Gasteiger partial charge in [-0.25, -0.2) is 4.98 Å². The number of aliphatic hydroxyl groups excluding tert-OH is 1. The summed E-state index contributed by atoms with van der Waals surface area (Å²) in [7, 11) is 1.75. The lowest BCUT2D eigenvalue weighted by Crippen LogP contribution is -2.52. The Morgan fingerprint density at radius 2 is 1.67 bits per heavy atom. The van der Waals surface area contributed by atoms with Crippen molar-refractivity contribution in [1.29, 1.82) is 0 Å². The number of aromatic nitrogens is 1. The van der Waals surface area contributed by atoms with Crippen molar-refractivity contribution in [3.8, 4) is 5.75 Å². The number of carbonyl (C=O) groups excluding carboxylic acids is 1. The molecule has 2 bridgehead atoms. The minimum atomic E-state index is -0.263. The smallest absolute Gasteiger partial charge is 0.231 e. The van der Waals surface area contributed by atoms with E-state index in [1.165, 1.54) is 36.0 Å². The summed E-state index contributed by atoms with van der Waals surface area (Å²) in [6, 6.07) is 11.8. The summed E-state index contributed by atoms with van der Waals surface area (Å²) in [5.41, 5.74) is 4.41. The van der Waals surface area contributed by atoms with Crippen LogP contribution in [-0.2, 0) is 10.2 Å². The molecular weight excluding hydrogens is 534 g/mol. The van der Waals surface area contributed by atoms with Gasteiger partial charge in [0.25, 0.3) is 0 Å². The number of piperidine rings is 1. The average molecular weight is 588 g/mol. The van der Waals surface area contributed by atoms with Crippen LogP contribution in [0.15, 0.2) is 36.5 Å². The van der Waals surface area contributed by atoms with Crippen LogP contribution in [0.4, 0.5) is 5.82 Å².